The maximum absolute atomic E-state index is 13.1. The van der Waals surface area contributed by atoms with E-state index < -0.39 is 21.7 Å². The zero-order valence-electron chi connectivity index (χ0n) is 15.1. The quantitative estimate of drug-likeness (QED) is 0.595. The van der Waals surface area contributed by atoms with Crippen LogP contribution in [0.4, 0.5) is 10.1 Å². The number of carbonyl (C=O) groups excluding carboxylic acids is 1. The standard InChI is InChI=1S/C22H18FNO3S/c1-17-7-14-20(15-8-17)24(28(26,27)21-5-3-2-4-6-21)22(25)16-11-18-9-12-19(23)13-10-18/h2-16H,1H3/b16-11+. The summed E-state index contributed by atoms with van der Waals surface area (Å²) in [6.07, 6.45) is 2.61. The van der Waals surface area contributed by atoms with Gasteiger partial charge >= 0.3 is 0 Å². The first kappa shape index (κ1) is 19.5. The molecule has 0 N–H and O–H groups in total. The lowest BCUT2D eigenvalue weighted by atomic mass is 10.2. The van der Waals surface area contributed by atoms with Gasteiger partial charge in [0, 0.05) is 6.08 Å². The van der Waals surface area contributed by atoms with Crippen LogP contribution in [0, 0.1) is 12.7 Å². The number of hydrogen-bond donors (Lipinski definition) is 0. The summed E-state index contributed by atoms with van der Waals surface area (Å²) in [5.41, 5.74) is 1.76. The van der Waals surface area contributed by atoms with Crippen molar-refractivity contribution in [3.8, 4) is 0 Å². The molecule has 142 valence electrons. The van der Waals surface area contributed by atoms with E-state index in [0.717, 1.165) is 15.9 Å². The number of carbonyl (C=O) groups is 1. The van der Waals surface area contributed by atoms with Gasteiger partial charge in [-0.05, 0) is 55.0 Å². The van der Waals surface area contributed by atoms with E-state index in [2.05, 4.69) is 0 Å². The van der Waals surface area contributed by atoms with Crippen molar-refractivity contribution in [3.05, 3.63) is 102 Å². The van der Waals surface area contributed by atoms with Gasteiger partial charge in [-0.3, -0.25) is 4.79 Å². The van der Waals surface area contributed by atoms with Crippen LogP contribution in [-0.4, -0.2) is 14.3 Å². The number of nitrogens with zero attached hydrogens (tertiary/aromatic N) is 1. The smallest absolute Gasteiger partial charge is 0.268 e. The van der Waals surface area contributed by atoms with E-state index in [4.69, 9.17) is 0 Å². The molecule has 3 rings (SSSR count). The second-order valence-corrected chi connectivity index (χ2v) is 7.93. The van der Waals surface area contributed by atoms with Gasteiger partial charge in [0.1, 0.15) is 5.82 Å². The number of aryl methyl sites for hydroxylation is 1. The van der Waals surface area contributed by atoms with Crippen LogP contribution < -0.4 is 4.31 Å². The summed E-state index contributed by atoms with van der Waals surface area (Å²) in [6.45, 7) is 1.87. The molecule has 6 heteroatoms. The molecular formula is C22H18FNO3S. The number of anilines is 1. The SMILES string of the molecule is Cc1ccc(N(C(=O)/C=C/c2ccc(F)cc2)S(=O)(=O)c2ccccc2)cc1. The summed E-state index contributed by atoms with van der Waals surface area (Å²) in [6, 6.07) is 19.9. The first-order valence-electron chi connectivity index (χ1n) is 8.52. The highest BCUT2D eigenvalue weighted by molar-refractivity contribution is 7.93. The van der Waals surface area contributed by atoms with Crippen LogP contribution in [-0.2, 0) is 14.8 Å². The summed E-state index contributed by atoms with van der Waals surface area (Å²) in [5, 5.41) is 0. The molecule has 1 amide bonds. The maximum atomic E-state index is 13.1. The second kappa shape index (κ2) is 8.19. The van der Waals surface area contributed by atoms with Crippen molar-refractivity contribution in [2.45, 2.75) is 11.8 Å². The van der Waals surface area contributed by atoms with Gasteiger partial charge in [0.15, 0.2) is 0 Å². The van der Waals surface area contributed by atoms with Crippen LogP contribution in [0.25, 0.3) is 6.08 Å². The molecule has 0 bridgehead atoms. The Morgan fingerprint density at radius 3 is 2.11 bits per heavy atom. The third-order valence-electron chi connectivity index (χ3n) is 4.04. The van der Waals surface area contributed by atoms with Crippen molar-refractivity contribution in [1.29, 1.82) is 0 Å². The molecule has 28 heavy (non-hydrogen) atoms. The van der Waals surface area contributed by atoms with Crippen molar-refractivity contribution in [1.82, 2.24) is 0 Å². The molecule has 0 heterocycles. The predicted molar refractivity (Wildman–Crippen MR) is 108 cm³/mol. The minimum absolute atomic E-state index is 0.0131. The summed E-state index contributed by atoms with van der Waals surface area (Å²) < 4.78 is 40.1. The summed E-state index contributed by atoms with van der Waals surface area (Å²) in [7, 11) is -4.10. The fourth-order valence-corrected chi connectivity index (χ4v) is 3.98. The zero-order valence-corrected chi connectivity index (χ0v) is 15.9. The lowest BCUT2D eigenvalue weighted by Crippen LogP contribution is -2.35. The Bertz CT molecular complexity index is 1090. The average molecular weight is 395 g/mol. The Labute approximate surface area is 163 Å². The number of hydrogen-bond acceptors (Lipinski definition) is 3. The number of sulfonamides is 1. The predicted octanol–water partition coefficient (Wildman–Crippen LogP) is 4.57. The largest absolute Gasteiger partial charge is 0.271 e. The van der Waals surface area contributed by atoms with Gasteiger partial charge < -0.3 is 0 Å². The highest BCUT2D eigenvalue weighted by atomic mass is 32.2. The molecule has 0 fully saturated rings. The first-order valence-corrected chi connectivity index (χ1v) is 9.96. The molecule has 0 aliphatic heterocycles. The first-order chi connectivity index (χ1) is 13.4. The van der Waals surface area contributed by atoms with Gasteiger partial charge in [-0.2, -0.15) is 4.31 Å². The van der Waals surface area contributed by atoms with Crippen molar-refractivity contribution in [2.75, 3.05) is 4.31 Å². The van der Waals surface area contributed by atoms with Crippen LogP contribution in [0.15, 0.2) is 89.8 Å². The highest BCUT2D eigenvalue weighted by Gasteiger charge is 2.29. The molecule has 0 atom stereocenters. The minimum atomic E-state index is -4.10. The van der Waals surface area contributed by atoms with Crippen molar-refractivity contribution >= 4 is 27.7 Å². The Kier molecular flexibility index (Phi) is 5.70. The third-order valence-corrected chi connectivity index (χ3v) is 5.78. The Morgan fingerprint density at radius 2 is 1.50 bits per heavy atom. The molecule has 0 aliphatic rings. The fourth-order valence-electron chi connectivity index (χ4n) is 2.57. The van der Waals surface area contributed by atoms with E-state index >= 15 is 0 Å². The summed E-state index contributed by atoms with van der Waals surface area (Å²) in [5.74, 6) is -1.12. The number of rotatable bonds is 5. The molecule has 0 aromatic heterocycles. The minimum Gasteiger partial charge on any atom is -0.268 e. The van der Waals surface area contributed by atoms with Crippen molar-refractivity contribution < 1.29 is 17.6 Å². The maximum Gasteiger partial charge on any atom is 0.271 e. The summed E-state index contributed by atoms with van der Waals surface area (Å²) >= 11 is 0. The van der Waals surface area contributed by atoms with Gasteiger partial charge in [0.2, 0.25) is 0 Å². The molecule has 4 nitrogen and oxygen atoms in total. The van der Waals surface area contributed by atoms with Gasteiger partial charge in [-0.25, -0.2) is 12.8 Å². The van der Waals surface area contributed by atoms with Crippen LogP contribution in [0.3, 0.4) is 0 Å². The van der Waals surface area contributed by atoms with Gasteiger partial charge in [0.25, 0.3) is 15.9 Å². The molecule has 3 aromatic carbocycles. The van der Waals surface area contributed by atoms with Gasteiger partial charge in [0.05, 0.1) is 10.6 Å². The Balaban J connectivity index is 2.02. The Morgan fingerprint density at radius 1 is 0.893 bits per heavy atom. The monoisotopic (exact) mass is 395 g/mol. The van der Waals surface area contributed by atoms with Crippen molar-refractivity contribution in [2.24, 2.45) is 0 Å². The van der Waals surface area contributed by atoms with Crippen LogP contribution >= 0.6 is 0 Å². The van der Waals surface area contributed by atoms with Gasteiger partial charge in [-0.15, -0.1) is 0 Å². The normalized spacial score (nSPS) is 11.5. The van der Waals surface area contributed by atoms with E-state index in [1.807, 2.05) is 6.92 Å². The number of halogens is 1. The van der Waals surface area contributed by atoms with Crippen LogP contribution in [0.2, 0.25) is 0 Å². The second-order valence-electron chi connectivity index (χ2n) is 6.14. The van der Waals surface area contributed by atoms with E-state index in [0.29, 0.717) is 5.56 Å². The molecule has 0 radical (unpaired) electrons. The van der Waals surface area contributed by atoms with Crippen LogP contribution in [0.1, 0.15) is 11.1 Å². The topological polar surface area (TPSA) is 54.5 Å². The third kappa shape index (κ3) is 4.35. The van der Waals surface area contributed by atoms with E-state index in [9.17, 15) is 17.6 Å². The lowest BCUT2D eigenvalue weighted by molar-refractivity contribution is -0.113. The molecule has 0 unspecified atom stereocenters. The Hall–Kier alpha value is -3.25. The molecule has 0 saturated heterocycles. The van der Waals surface area contributed by atoms with E-state index in [1.54, 1.807) is 42.5 Å². The molecule has 0 aliphatic carbocycles. The van der Waals surface area contributed by atoms with Crippen LogP contribution in [0.5, 0.6) is 0 Å². The molecular weight excluding hydrogens is 377 g/mol. The fraction of sp³-hybridized carbons (Fsp3) is 0.0455. The lowest BCUT2D eigenvalue weighted by Gasteiger charge is -2.21. The number of benzene rings is 3. The molecule has 3 aromatic rings. The zero-order chi connectivity index (χ0) is 20.1. The van der Waals surface area contributed by atoms with E-state index in [-0.39, 0.29) is 10.6 Å². The molecule has 0 saturated carbocycles. The van der Waals surface area contributed by atoms with Crippen molar-refractivity contribution in [3.63, 3.8) is 0 Å². The molecule has 0 spiro atoms. The number of amides is 1. The highest BCUT2D eigenvalue weighted by Crippen LogP contribution is 2.25. The summed E-state index contributed by atoms with van der Waals surface area (Å²) in [4.78, 5) is 12.9. The van der Waals surface area contributed by atoms with Gasteiger partial charge in [-0.1, -0.05) is 48.0 Å². The average Bonchev–Trinajstić information content (AvgIpc) is 2.70. The van der Waals surface area contributed by atoms with E-state index in [1.165, 1.54) is 42.5 Å².